The van der Waals surface area contributed by atoms with E-state index in [4.69, 9.17) is 4.74 Å². The number of fused-ring (bicyclic) bond motifs is 1. The van der Waals surface area contributed by atoms with E-state index in [1.54, 1.807) is 24.0 Å². The highest BCUT2D eigenvalue weighted by atomic mass is 32.2. The van der Waals surface area contributed by atoms with E-state index in [1.165, 1.54) is 12.1 Å². The van der Waals surface area contributed by atoms with Crippen LogP contribution in [0.1, 0.15) is 30.0 Å². The Morgan fingerprint density at radius 1 is 1.07 bits per heavy atom. The molecule has 1 amide bonds. The summed E-state index contributed by atoms with van der Waals surface area (Å²) >= 11 is 0. The van der Waals surface area contributed by atoms with Crippen molar-refractivity contribution in [3.8, 4) is 11.5 Å². The zero-order chi connectivity index (χ0) is 21.9. The minimum absolute atomic E-state index is 0.00770. The number of nitrogens with zero attached hydrogens (tertiary/aromatic N) is 1. The molecule has 0 atom stereocenters. The lowest BCUT2D eigenvalue weighted by molar-refractivity contribution is -0.137. The SMILES string of the molecule is CCS(=O)(=O)CCC(=O)N1CCc2ccc(Oc3ccc(C(F)(F)F)cc3)cc2C1. The zero-order valence-corrected chi connectivity index (χ0v) is 17.2. The Bertz CT molecular complexity index is 1020. The second kappa shape index (κ2) is 8.67. The molecule has 0 saturated carbocycles. The maximum Gasteiger partial charge on any atom is 0.416 e. The van der Waals surface area contributed by atoms with E-state index in [0.717, 1.165) is 23.3 Å². The molecule has 1 aliphatic rings. The molecule has 2 aromatic carbocycles. The number of benzene rings is 2. The number of ether oxygens (including phenoxy) is 1. The van der Waals surface area contributed by atoms with Crippen molar-refractivity contribution in [1.82, 2.24) is 4.90 Å². The van der Waals surface area contributed by atoms with Crippen LogP contribution in [0.4, 0.5) is 13.2 Å². The van der Waals surface area contributed by atoms with Crippen LogP contribution in [0.3, 0.4) is 0 Å². The van der Waals surface area contributed by atoms with Gasteiger partial charge in [0, 0.05) is 25.3 Å². The van der Waals surface area contributed by atoms with E-state index in [-0.39, 0.29) is 29.6 Å². The summed E-state index contributed by atoms with van der Waals surface area (Å²) in [4.78, 5) is 14.0. The van der Waals surface area contributed by atoms with Crippen LogP contribution in [0.5, 0.6) is 11.5 Å². The van der Waals surface area contributed by atoms with E-state index in [0.29, 0.717) is 25.3 Å². The summed E-state index contributed by atoms with van der Waals surface area (Å²) in [5, 5.41) is 0. The molecular formula is C21H22F3NO4S. The highest BCUT2D eigenvalue weighted by molar-refractivity contribution is 7.91. The Balaban J connectivity index is 1.67. The minimum atomic E-state index is -4.41. The van der Waals surface area contributed by atoms with E-state index < -0.39 is 21.6 Å². The van der Waals surface area contributed by atoms with E-state index in [2.05, 4.69) is 0 Å². The number of carbonyl (C=O) groups is 1. The van der Waals surface area contributed by atoms with Crippen molar-refractivity contribution in [3.05, 3.63) is 59.2 Å². The van der Waals surface area contributed by atoms with Crippen LogP contribution >= 0.6 is 0 Å². The third kappa shape index (κ3) is 5.53. The van der Waals surface area contributed by atoms with Gasteiger partial charge in [0.2, 0.25) is 5.91 Å². The van der Waals surface area contributed by atoms with Gasteiger partial charge in [0.25, 0.3) is 0 Å². The molecule has 5 nitrogen and oxygen atoms in total. The van der Waals surface area contributed by atoms with Crippen molar-refractivity contribution in [2.24, 2.45) is 0 Å². The van der Waals surface area contributed by atoms with Gasteiger partial charge in [-0.15, -0.1) is 0 Å². The molecule has 1 aliphatic heterocycles. The van der Waals surface area contributed by atoms with Gasteiger partial charge in [0.05, 0.1) is 11.3 Å². The molecule has 0 unspecified atom stereocenters. The number of hydrogen-bond acceptors (Lipinski definition) is 4. The molecule has 162 valence electrons. The first kappa shape index (κ1) is 22.1. The van der Waals surface area contributed by atoms with Crippen molar-refractivity contribution in [2.45, 2.75) is 32.5 Å². The second-order valence-electron chi connectivity index (χ2n) is 7.11. The third-order valence-corrected chi connectivity index (χ3v) is 6.73. The number of rotatable bonds is 6. The molecule has 9 heteroatoms. The Kier molecular flexibility index (Phi) is 6.40. The highest BCUT2D eigenvalue weighted by Crippen LogP contribution is 2.32. The lowest BCUT2D eigenvalue weighted by Gasteiger charge is -2.29. The number of amides is 1. The monoisotopic (exact) mass is 441 g/mol. The molecular weight excluding hydrogens is 419 g/mol. The molecule has 30 heavy (non-hydrogen) atoms. The Morgan fingerprint density at radius 3 is 2.37 bits per heavy atom. The van der Waals surface area contributed by atoms with Crippen molar-refractivity contribution in [2.75, 3.05) is 18.1 Å². The van der Waals surface area contributed by atoms with Gasteiger partial charge in [0.15, 0.2) is 9.84 Å². The van der Waals surface area contributed by atoms with Crippen LogP contribution in [0.25, 0.3) is 0 Å². The van der Waals surface area contributed by atoms with Crippen LogP contribution in [-0.2, 0) is 33.8 Å². The van der Waals surface area contributed by atoms with Gasteiger partial charge in [-0.2, -0.15) is 13.2 Å². The van der Waals surface area contributed by atoms with Crippen molar-refractivity contribution in [1.29, 1.82) is 0 Å². The van der Waals surface area contributed by atoms with Gasteiger partial charge < -0.3 is 9.64 Å². The third-order valence-electron chi connectivity index (χ3n) is 5.03. The molecule has 0 fully saturated rings. The molecule has 0 spiro atoms. The average Bonchev–Trinajstić information content (AvgIpc) is 2.71. The summed E-state index contributed by atoms with van der Waals surface area (Å²) in [6.45, 7) is 2.40. The van der Waals surface area contributed by atoms with Gasteiger partial charge in [0.1, 0.15) is 11.5 Å². The molecule has 0 bridgehead atoms. The topological polar surface area (TPSA) is 63.7 Å². The smallest absolute Gasteiger partial charge is 0.416 e. The predicted octanol–water partition coefficient (Wildman–Crippen LogP) is 4.21. The second-order valence-corrected chi connectivity index (χ2v) is 9.58. The molecule has 0 aromatic heterocycles. The Morgan fingerprint density at radius 2 is 1.73 bits per heavy atom. The standard InChI is InChI=1S/C21H22F3NO4S/c1-2-30(27,28)12-10-20(26)25-11-9-15-3-6-19(13-16(15)14-25)29-18-7-4-17(5-8-18)21(22,23)24/h3-8,13H,2,9-12,14H2,1H3. The largest absolute Gasteiger partial charge is 0.457 e. The van der Waals surface area contributed by atoms with Crippen LogP contribution in [-0.4, -0.2) is 37.3 Å². The van der Waals surface area contributed by atoms with Gasteiger partial charge in [-0.25, -0.2) is 8.42 Å². The number of carbonyl (C=O) groups excluding carboxylic acids is 1. The lowest BCUT2D eigenvalue weighted by Crippen LogP contribution is -2.36. The van der Waals surface area contributed by atoms with Crippen LogP contribution < -0.4 is 4.74 Å². The van der Waals surface area contributed by atoms with Gasteiger partial charge in [-0.05, 0) is 53.9 Å². The summed E-state index contributed by atoms with van der Waals surface area (Å²) in [5.41, 5.74) is 1.18. The first-order chi connectivity index (χ1) is 14.1. The number of sulfone groups is 1. The summed E-state index contributed by atoms with van der Waals surface area (Å²) in [6.07, 6.45) is -3.81. The van der Waals surface area contributed by atoms with E-state index in [1.807, 2.05) is 6.07 Å². The minimum Gasteiger partial charge on any atom is -0.457 e. The first-order valence-corrected chi connectivity index (χ1v) is 11.3. The molecule has 0 saturated heterocycles. The summed E-state index contributed by atoms with van der Waals surface area (Å²) in [6, 6.07) is 9.80. The highest BCUT2D eigenvalue weighted by Gasteiger charge is 2.30. The van der Waals surface area contributed by atoms with Gasteiger partial charge in [-0.1, -0.05) is 13.0 Å². The molecule has 0 radical (unpaired) electrons. The number of hydrogen-bond donors (Lipinski definition) is 0. The predicted molar refractivity (Wildman–Crippen MR) is 106 cm³/mol. The van der Waals surface area contributed by atoms with Crippen molar-refractivity contribution >= 4 is 15.7 Å². The number of halogens is 3. The van der Waals surface area contributed by atoms with E-state index in [9.17, 15) is 26.4 Å². The molecule has 2 aromatic rings. The van der Waals surface area contributed by atoms with Crippen LogP contribution in [0.2, 0.25) is 0 Å². The Labute approximate surface area is 173 Å². The lowest BCUT2D eigenvalue weighted by atomic mass is 9.99. The molecule has 3 rings (SSSR count). The summed E-state index contributed by atoms with van der Waals surface area (Å²) in [7, 11) is -3.21. The Hall–Kier alpha value is -2.55. The molecule has 0 aliphatic carbocycles. The average molecular weight is 441 g/mol. The van der Waals surface area contributed by atoms with Crippen molar-refractivity contribution < 1.29 is 31.1 Å². The van der Waals surface area contributed by atoms with Crippen molar-refractivity contribution in [3.63, 3.8) is 0 Å². The number of alkyl halides is 3. The normalized spacial score (nSPS) is 14.3. The molecule has 0 N–H and O–H groups in total. The van der Waals surface area contributed by atoms with Crippen LogP contribution in [0, 0.1) is 0 Å². The fraction of sp³-hybridized carbons (Fsp3) is 0.381. The van der Waals surface area contributed by atoms with E-state index >= 15 is 0 Å². The summed E-state index contributed by atoms with van der Waals surface area (Å²) in [5.74, 6) is 0.357. The fourth-order valence-electron chi connectivity index (χ4n) is 3.20. The fourth-order valence-corrected chi connectivity index (χ4v) is 3.98. The zero-order valence-electron chi connectivity index (χ0n) is 16.4. The maximum atomic E-state index is 12.7. The maximum absolute atomic E-state index is 12.7. The summed E-state index contributed by atoms with van der Waals surface area (Å²) < 4.78 is 66.9. The van der Waals surface area contributed by atoms with Gasteiger partial charge >= 0.3 is 6.18 Å². The van der Waals surface area contributed by atoms with Crippen LogP contribution in [0.15, 0.2) is 42.5 Å². The quantitative estimate of drug-likeness (QED) is 0.674. The molecule has 1 heterocycles. The van der Waals surface area contributed by atoms with Gasteiger partial charge in [-0.3, -0.25) is 4.79 Å². The first-order valence-electron chi connectivity index (χ1n) is 9.52.